The fourth-order valence-electron chi connectivity index (χ4n) is 2.74. The van der Waals surface area contributed by atoms with Gasteiger partial charge < -0.3 is 4.90 Å². The van der Waals surface area contributed by atoms with E-state index in [1.807, 2.05) is 0 Å². The summed E-state index contributed by atoms with van der Waals surface area (Å²) in [5.41, 5.74) is -1.01. The van der Waals surface area contributed by atoms with Crippen LogP contribution in [-0.2, 0) is 12.7 Å². The zero-order valence-corrected chi connectivity index (χ0v) is 12.4. The molecule has 0 unspecified atom stereocenters. The standard InChI is InChI=1S/C17H11F4NO2/c1-9(23)10-5-11(18)7-12(6-10)22-8-14-13(16(22)24)3-2-4-15(14)17(19,20)21/h2-7H,8H2,1H3. The van der Waals surface area contributed by atoms with Crippen LogP contribution in [0.25, 0.3) is 0 Å². The maximum Gasteiger partial charge on any atom is 0.416 e. The first-order valence-electron chi connectivity index (χ1n) is 7.01. The SMILES string of the molecule is CC(=O)c1cc(F)cc(N2Cc3c(cccc3C(F)(F)F)C2=O)c1. The van der Waals surface area contributed by atoms with Crippen LogP contribution in [0.15, 0.2) is 36.4 Å². The average Bonchev–Trinajstić information content (AvgIpc) is 2.83. The van der Waals surface area contributed by atoms with E-state index in [0.29, 0.717) is 0 Å². The van der Waals surface area contributed by atoms with Crippen molar-refractivity contribution in [3.63, 3.8) is 0 Å². The van der Waals surface area contributed by atoms with Crippen molar-refractivity contribution in [1.82, 2.24) is 0 Å². The first-order chi connectivity index (χ1) is 11.2. The molecule has 0 saturated carbocycles. The third-order valence-corrected chi connectivity index (χ3v) is 3.87. The number of carbonyl (C=O) groups is 2. The number of amides is 1. The zero-order valence-electron chi connectivity index (χ0n) is 12.4. The van der Waals surface area contributed by atoms with Gasteiger partial charge in [-0.1, -0.05) is 6.07 Å². The van der Waals surface area contributed by atoms with Crippen molar-refractivity contribution in [2.45, 2.75) is 19.6 Å². The second-order valence-corrected chi connectivity index (χ2v) is 5.48. The number of hydrogen-bond acceptors (Lipinski definition) is 2. The van der Waals surface area contributed by atoms with Crippen LogP contribution in [0.4, 0.5) is 23.2 Å². The number of anilines is 1. The lowest BCUT2D eigenvalue weighted by Gasteiger charge is -2.17. The monoisotopic (exact) mass is 337 g/mol. The normalized spacial score (nSPS) is 14.0. The third kappa shape index (κ3) is 2.66. The molecule has 2 aromatic rings. The number of ketones is 1. The molecule has 0 atom stereocenters. The molecule has 124 valence electrons. The summed E-state index contributed by atoms with van der Waals surface area (Å²) in [4.78, 5) is 24.9. The molecule has 0 fully saturated rings. The van der Waals surface area contributed by atoms with Crippen molar-refractivity contribution in [2.75, 3.05) is 4.90 Å². The Bertz CT molecular complexity index is 858. The van der Waals surface area contributed by atoms with Gasteiger partial charge in [-0.15, -0.1) is 0 Å². The van der Waals surface area contributed by atoms with E-state index in [1.54, 1.807) is 0 Å². The van der Waals surface area contributed by atoms with Gasteiger partial charge in [0, 0.05) is 16.8 Å². The number of fused-ring (bicyclic) bond motifs is 1. The van der Waals surface area contributed by atoms with Crippen molar-refractivity contribution in [1.29, 1.82) is 0 Å². The Balaban J connectivity index is 2.08. The number of nitrogens with zero attached hydrogens (tertiary/aromatic N) is 1. The highest BCUT2D eigenvalue weighted by Crippen LogP contribution is 2.38. The molecule has 0 radical (unpaired) electrons. The number of benzene rings is 2. The predicted molar refractivity (Wildman–Crippen MR) is 78.4 cm³/mol. The molecule has 2 aromatic carbocycles. The Kier molecular flexibility index (Phi) is 3.66. The maximum atomic E-state index is 13.7. The third-order valence-electron chi connectivity index (χ3n) is 3.87. The minimum atomic E-state index is -4.59. The van der Waals surface area contributed by atoms with E-state index in [4.69, 9.17) is 0 Å². The molecule has 0 spiro atoms. The Labute approximate surface area is 134 Å². The van der Waals surface area contributed by atoms with Crippen molar-refractivity contribution >= 4 is 17.4 Å². The summed E-state index contributed by atoms with van der Waals surface area (Å²) in [5.74, 6) is -1.80. The largest absolute Gasteiger partial charge is 0.416 e. The van der Waals surface area contributed by atoms with Crippen LogP contribution >= 0.6 is 0 Å². The molecule has 0 aromatic heterocycles. The number of carbonyl (C=O) groups excluding carboxylic acids is 2. The molecular weight excluding hydrogens is 326 g/mol. The average molecular weight is 337 g/mol. The second kappa shape index (κ2) is 5.43. The summed E-state index contributed by atoms with van der Waals surface area (Å²) >= 11 is 0. The van der Waals surface area contributed by atoms with Gasteiger partial charge in [0.15, 0.2) is 5.78 Å². The fourth-order valence-corrected chi connectivity index (χ4v) is 2.74. The van der Waals surface area contributed by atoms with E-state index in [9.17, 15) is 27.2 Å². The van der Waals surface area contributed by atoms with Gasteiger partial charge in [-0.25, -0.2) is 4.39 Å². The van der Waals surface area contributed by atoms with Crippen molar-refractivity contribution in [3.05, 3.63) is 64.5 Å². The van der Waals surface area contributed by atoms with Gasteiger partial charge >= 0.3 is 6.18 Å². The number of alkyl halides is 3. The minimum absolute atomic E-state index is 0.0461. The van der Waals surface area contributed by atoms with E-state index < -0.39 is 29.2 Å². The lowest BCUT2D eigenvalue weighted by molar-refractivity contribution is -0.138. The van der Waals surface area contributed by atoms with Gasteiger partial charge in [0.25, 0.3) is 5.91 Å². The molecule has 1 amide bonds. The Morgan fingerprint density at radius 3 is 2.50 bits per heavy atom. The number of rotatable bonds is 2. The van der Waals surface area contributed by atoms with Crippen LogP contribution in [0.2, 0.25) is 0 Å². The molecule has 1 heterocycles. The van der Waals surface area contributed by atoms with Gasteiger partial charge in [-0.2, -0.15) is 13.2 Å². The molecule has 24 heavy (non-hydrogen) atoms. The Hall–Kier alpha value is -2.70. The van der Waals surface area contributed by atoms with Crippen molar-refractivity contribution < 1.29 is 27.2 Å². The van der Waals surface area contributed by atoms with Crippen LogP contribution in [0.1, 0.15) is 38.8 Å². The fraction of sp³-hybridized carbons (Fsp3) is 0.176. The van der Waals surface area contributed by atoms with E-state index >= 15 is 0 Å². The molecular formula is C17H11F4NO2. The highest BCUT2D eigenvalue weighted by molar-refractivity contribution is 6.10. The van der Waals surface area contributed by atoms with Gasteiger partial charge in [0.2, 0.25) is 0 Å². The van der Waals surface area contributed by atoms with Gasteiger partial charge in [-0.05, 0) is 42.8 Å². The first-order valence-corrected chi connectivity index (χ1v) is 7.01. The number of hydrogen-bond donors (Lipinski definition) is 0. The molecule has 0 saturated heterocycles. The predicted octanol–water partition coefficient (Wildman–Crippen LogP) is 4.21. The quantitative estimate of drug-likeness (QED) is 0.608. The first kappa shape index (κ1) is 16.2. The van der Waals surface area contributed by atoms with Crippen LogP contribution in [0.3, 0.4) is 0 Å². The summed E-state index contributed by atoms with van der Waals surface area (Å²) in [7, 11) is 0. The molecule has 0 N–H and O–H groups in total. The molecule has 7 heteroatoms. The summed E-state index contributed by atoms with van der Waals surface area (Å²) in [5, 5.41) is 0. The number of halogens is 4. The summed E-state index contributed by atoms with van der Waals surface area (Å²) < 4.78 is 53.0. The van der Waals surface area contributed by atoms with Gasteiger partial charge in [0.1, 0.15) is 5.82 Å². The van der Waals surface area contributed by atoms with Gasteiger partial charge in [-0.3, -0.25) is 9.59 Å². The second-order valence-electron chi connectivity index (χ2n) is 5.48. The molecule has 3 rings (SSSR count). The van der Waals surface area contributed by atoms with Crippen LogP contribution in [0, 0.1) is 5.82 Å². The highest BCUT2D eigenvalue weighted by atomic mass is 19.4. The van der Waals surface area contributed by atoms with E-state index in [1.165, 1.54) is 19.1 Å². The minimum Gasteiger partial charge on any atom is -0.304 e. The summed E-state index contributed by atoms with van der Waals surface area (Å²) in [6.07, 6.45) is -4.59. The summed E-state index contributed by atoms with van der Waals surface area (Å²) in [6, 6.07) is 6.70. The van der Waals surface area contributed by atoms with Gasteiger partial charge in [0.05, 0.1) is 12.1 Å². The van der Waals surface area contributed by atoms with E-state index in [-0.39, 0.29) is 28.9 Å². The highest BCUT2D eigenvalue weighted by Gasteiger charge is 2.39. The van der Waals surface area contributed by atoms with Crippen molar-refractivity contribution in [3.8, 4) is 0 Å². The smallest absolute Gasteiger partial charge is 0.304 e. The topological polar surface area (TPSA) is 37.4 Å². The molecule has 0 aliphatic carbocycles. The van der Waals surface area contributed by atoms with E-state index in [2.05, 4.69) is 0 Å². The van der Waals surface area contributed by atoms with Crippen molar-refractivity contribution in [2.24, 2.45) is 0 Å². The zero-order chi connectivity index (χ0) is 17.6. The van der Waals surface area contributed by atoms with E-state index in [0.717, 1.165) is 29.2 Å². The Morgan fingerprint density at radius 2 is 1.88 bits per heavy atom. The van der Waals surface area contributed by atoms with Crippen LogP contribution in [0.5, 0.6) is 0 Å². The molecule has 1 aliphatic heterocycles. The number of Topliss-reactive ketones (excluding diaryl/α,β-unsaturated/α-hetero) is 1. The summed E-state index contributed by atoms with van der Waals surface area (Å²) in [6.45, 7) is 0.908. The van der Waals surface area contributed by atoms with Crippen LogP contribution in [-0.4, -0.2) is 11.7 Å². The maximum absolute atomic E-state index is 13.7. The molecule has 0 bridgehead atoms. The van der Waals surface area contributed by atoms with Crippen LogP contribution < -0.4 is 4.90 Å². The lowest BCUT2D eigenvalue weighted by atomic mass is 10.0. The Morgan fingerprint density at radius 1 is 1.17 bits per heavy atom. The molecule has 3 nitrogen and oxygen atoms in total. The lowest BCUT2D eigenvalue weighted by Crippen LogP contribution is -2.23. The molecule has 1 aliphatic rings.